The fraction of sp³-hybridized carbons (Fsp3) is 0.0833. The molecule has 2 nitrogen and oxygen atoms in total. The van der Waals surface area contributed by atoms with Crippen molar-refractivity contribution in [1.82, 2.24) is 9.38 Å². The van der Waals surface area contributed by atoms with Crippen molar-refractivity contribution >= 4 is 55.1 Å². The second-order valence-electron chi connectivity index (χ2n) is 7.40. The van der Waals surface area contributed by atoms with Crippen molar-refractivity contribution in [3.8, 4) is 0 Å². The number of rotatable bonds is 0. The summed E-state index contributed by atoms with van der Waals surface area (Å²) in [6.07, 6.45) is 6.89. The molecule has 0 unspecified atom stereocenters. The number of aryl methyl sites for hydroxylation is 1. The average Bonchev–Trinajstić information content (AvgIpc) is 3.33. The van der Waals surface area contributed by atoms with Crippen LogP contribution in [0.4, 0.5) is 0 Å². The molecule has 0 aliphatic heterocycles. The van der Waals surface area contributed by atoms with E-state index < -0.39 is 0 Å². The Morgan fingerprint density at radius 3 is 2.62 bits per heavy atom. The molecule has 0 radical (unpaired) electrons. The Hall–Kier alpha value is -3.26. The SMILES string of the molecule is C1=Cc2c(c3cc4[nH]c5ccccc5c4c4c5ccccc5n2c34)CC1. The number of allylic oxidation sites excluding steroid dienone is 1. The maximum atomic E-state index is 3.67. The first-order chi connectivity index (χ1) is 12.9. The molecular formula is C24H16N2. The van der Waals surface area contributed by atoms with Gasteiger partial charge in [0.25, 0.3) is 0 Å². The summed E-state index contributed by atoms with van der Waals surface area (Å²) in [6.45, 7) is 0. The van der Waals surface area contributed by atoms with Crippen molar-refractivity contribution in [2.45, 2.75) is 12.8 Å². The molecule has 2 heteroatoms. The van der Waals surface area contributed by atoms with Gasteiger partial charge in [-0.25, -0.2) is 0 Å². The first kappa shape index (κ1) is 13.0. The largest absolute Gasteiger partial charge is 0.354 e. The van der Waals surface area contributed by atoms with Crippen LogP contribution in [0.25, 0.3) is 55.1 Å². The topological polar surface area (TPSA) is 20.2 Å². The molecule has 0 saturated carbocycles. The minimum Gasteiger partial charge on any atom is -0.354 e. The van der Waals surface area contributed by atoms with Crippen LogP contribution in [0, 0.1) is 0 Å². The summed E-state index contributed by atoms with van der Waals surface area (Å²) in [5, 5.41) is 6.84. The monoisotopic (exact) mass is 332 g/mol. The molecule has 0 spiro atoms. The van der Waals surface area contributed by atoms with E-state index in [2.05, 4.69) is 76.1 Å². The van der Waals surface area contributed by atoms with Gasteiger partial charge >= 0.3 is 0 Å². The highest BCUT2D eigenvalue weighted by Gasteiger charge is 2.24. The van der Waals surface area contributed by atoms with Gasteiger partial charge in [0.1, 0.15) is 0 Å². The number of nitrogens with zero attached hydrogens (tertiary/aromatic N) is 1. The van der Waals surface area contributed by atoms with Crippen LogP contribution >= 0.6 is 0 Å². The van der Waals surface area contributed by atoms with Gasteiger partial charge in [-0.3, -0.25) is 0 Å². The molecule has 3 heterocycles. The highest BCUT2D eigenvalue weighted by atomic mass is 14.9. The second-order valence-corrected chi connectivity index (χ2v) is 7.40. The van der Waals surface area contributed by atoms with Gasteiger partial charge < -0.3 is 9.38 Å². The minimum absolute atomic E-state index is 1.13. The highest BCUT2D eigenvalue weighted by Crippen LogP contribution is 2.45. The lowest BCUT2D eigenvalue weighted by Gasteiger charge is -2.07. The normalized spacial score (nSPS) is 14.5. The third-order valence-electron chi connectivity index (χ3n) is 6.12. The molecule has 0 saturated heterocycles. The van der Waals surface area contributed by atoms with Crippen molar-refractivity contribution in [1.29, 1.82) is 0 Å². The third kappa shape index (κ3) is 1.34. The van der Waals surface area contributed by atoms with E-state index in [-0.39, 0.29) is 0 Å². The van der Waals surface area contributed by atoms with Gasteiger partial charge in [0.2, 0.25) is 0 Å². The zero-order valence-electron chi connectivity index (χ0n) is 14.2. The Morgan fingerprint density at radius 1 is 0.808 bits per heavy atom. The molecular weight excluding hydrogens is 316 g/mol. The van der Waals surface area contributed by atoms with Crippen molar-refractivity contribution in [2.24, 2.45) is 0 Å². The third-order valence-corrected chi connectivity index (χ3v) is 6.12. The standard InChI is InChI=1S/C24H16N2/c1-4-10-18-15(8-1)22-19(25-18)13-17-14-7-2-5-11-20(14)26-21-12-6-3-9-16(21)23(22)24(17)26/h1,3-6,8-13,25H,2,7H2. The molecule has 0 amide bonds. The fourth-order valence-corrected chi connectivity index (χ4v) is 5.11. The van der Waals surface area contributed by atoms with Gasteiger partial charge in [0, 0.05) is 43.7 Å². The van der Waals surface area contributed by atoms with E-state index >= 15 is 0 Å². The van der Waals surface area contributed by atoms with Gasteiger partial charge in [-0.15, -0.1) is 0 Å². The Bertz CT molecular complexity index is 1520. The molecule has 1 aliphatic carbocycles. The molecule has 122 valence electrons. The van der Waals surface area contributed by atoms with Gasteiger partial charge in [-0.1, -0.05) is 42.5 Å². The number of aromatic amines is 1. The van der Waals surface area contributed by atoms with Crippen LogP contribution in [0.1, 0.15) is 17.7 Å². The molecule has 26 heavy (non-hydrogen) atoms. The summed E-state index contributed by atoms with van der Waals surface area (Å²) >= 11 is 0. The Morgan fingerprint density at radius 2 is 1.65 bits per heavy atom. The van der Waals surface area contributed by atoms with E-state index in [4.69, 9.17) is 0 Å². The number of para-hydroxylation sites is 2. The van der Waals surface area contributed by atoms with E-state index in [9.17, 15) is 0 Å². The number of aromatic nitrogens is 2. The summed E-state index contributed by atoms with van der Waals surface area (Å²) < 4.78 is 2.49. The molecule has 3 aromatic heterocycles. The molecule has 1 N–H and O–H groups in total. The highest BCUT2D eigenvalue weighted by molar-refractivity contribution is 6.32. The lowest BCUT2D eigenvalue weighted by atomic mass is 9.97. The number of benzene rings is 3. The molecule has 0 fully saturated rings. The first-order valence-electron chi connectivity index (χ1n) is 9.29. The summed E-state index contributed by atoms with van der Waals surface area (Å²) in [5.41, 5.74) is 8.04. The van der Waals surface area contributed by atoms with Crippen LogP contribution in [0.3, 0.4) is 0 Å². The predicted octanol–water partition coefficient (Wildman–Crippen LogP) is 6.28. The number of fused-ring (bicyclic) bond motifs is 10. The van der Waals surface area contributed by atoms with Crippen molar-refractivity contribution in [3.05, 3.63) is 71.9 Å². The van der Waals surface area contributed by atoms with Crippen LogP contribution in [-0.4, -0.2) is 9.38 Å². The molecule has 0 bridgehead atoms. The summed E-state index contributed by atoms with van der Waals surface area (Å²) in [7, 11) is 0. The molecule has 0 atom stereocenters. The number of H-pyrrole nitrogens is 1. The van der Waals surface area contributed by atoms with Crippen LogP contribution < -0.4 is 0 Å². The van der Waals surface area contributed by atoms with E-state index in [0.717, 1.165) is 12.8 Å². The van der Waals surface area contributed by atoms with E-state index in [1.54, 1.807) is 0 Å². The predicted molar refractivity (Wildman–Crippen MR) is 110 cm³/mol. The van der Waals surface area contributed by atoms with Crippen LogP contribution in [0.15, 0.2) is 60.7 Å². The maximum Gasteiger partial charge on any atom is 0.0624 e. The Kier molecular flexibility index (Phi) is 2.14. The van der Waals surface area contributed by atoms with Gasteiger partial charge in [-0.2, -0.15) is 0 Å². The zero-order valence-corrected chi connectivity index (χ0v) is 14.2. The zero-order chi connectivity index (χ0) is 16.8. The smallest absolute Gasteiger partial charge is 0.0624 e. The number of hydrogen-bond acceptors (Lipinski definition) is 0. The van der Waals surface area contributed by atoms with Crippen molar-refractivity contribution in [3.63, 3.8) is 0 Å². The number of hydrogen-bond donors (Lipinski definition) is 1. The van der Waals surface area contributed by atoms with Crippen molar-refractivity contribution in [2.75, 3.05) is 0 Å². The quantitative estimate of drug-likeness (QED) is 0.338. The molecule has 3 aromatic carbocycles. The van der Waals surface area contributed by atoms with Crippen LogP contribution in [-0.2, 0) is 6.42 Å². The Balaban J connectivity index is 1.91. The van der Waals surface area contributed by atoms with E-state index in [1.165, 1.54) is 60.3 Å². The molecule has 6 aromatic rings. The maximum absolute atomic E-state index is 3.67. The van der Waals surface area contributed by atoms with Gasteiger partial charge in [0.05, 0.1) is 11.0 Å². The Labute approximate surface area is 149 Å². The average molecular weight is 332 g/mol. The van der Waals surface area contributed by atoms with Crippen molar-refractivity contribution < 1.29 is 0 Å². The summed E-state index contributed by atoms with van der Waals surface area (Å²) in [5.74, 6) is 0. The summed E-state index contributed by atoms with van der Waals surface area (Å²) in [6, 6.07) is 19.9. The van der Waals surface area contributed by atoms with E-state index in [1.807, 2.05) is 0 Å². The summed E-state index contributed by atoms with van der Waals surface area (Å²) in [4.78, 5) is 3.67. The number of nitrogens with one attached hydrogen (secondary N) is 1. The van der Waals surface area contributed by atoms with Gasteiger partial charge in [-0.05, 0) is 42.7 Å². The lowest BCUT2D eigenvalue weighted by molar-refractivity contribution is 0.984. The van der Waals surface area contributed by atoms with Crippen LogP contribution in [0.5, 0.6) is 0 Å². The first-order valence-corrected chi connectivity index (χ1v) is 9.29. The minimum atomic E-state index is 1.13. The van der Waals surface area contributed by atoms with E-state index in [0.29, 0.717) is 0 Å². The fourth-order valence-electron chi connectivity index (χ4n) is 5.11. The lowest BCUT2D eigenvalue weighted by Crippen LogP contribution is -1.94. The second kappa shape index (κ2) is 4.28. The van der Waals surface area contributed by atoms with Crippen LogP contribution in [0.2, 0.25) is 0 Å². The van der Waals surface area contributed by atoms with Gasteiger partial charge in [0.15, 0.2) is 0 Å². The molecule has 7 rings (SSSR count). The molecule has 1 aliphatic rings.